The Labute approximate surface area is 203 Å². The number of aromatic nitrogens is 1. The van der Waals surface area contributed by atoms with Crippen molar-refractivity contribution in [3.05, 3.63) is 46.7 Å². The molecule has 1 saturated carbocycles. The molecule has 2 heterocycles. The number of pyridine rings is 1. The van der Waals surface area contributed by atoms with E-state index in [0.29, 0.717) is 27.8 Å². The van der Waals surface area contributed by atoms with Crippen LogP contribution in [-0.4, -0.2) is 49.4 Å². The quantitative estimate of drug-likeness (QED) is 0.339. The van der Waals surface area contributed by atoms with Gasteiger partial charge in [-0.3, -0.25) is 0 Å². The lowest BCUT2D eigenvalue weighted by Crippen LogP contribution is -2.42. The van der Waals surface area contributed by atoms with Gasteiger partial charge < -0.3 is 25.6 Å². The van der Waals surface area contributed by atoms with Gasteiger partial charge >= 0.3 is 5.97 Å². The summed E-state index contributed by atoms with van der Waals surface area (Å²) in [7, 11) is 5.50. The predicted octanol–water partition coefficient (Wildman–Crippen LogP) is 4.86. The Hall–Kier alpha value is -2.91. The van der Waals surface area contributed by atoms with Crippen LogP contribution in [0.5, 0.6) is 0 Å². The molecule has 0 spiro atoms. The Bertz CT molecular complexity index is 1140. The van der Waals surface area contributed by atoms with Crippen LogP contribution in [0.4, 0.5) is 17.2 Å². The first-order valence-corrected chi connectivity index (χ1v) is 12.3. The number of hydrogen-bond acceptors (Lipinski definition) is 7. The van der Waals surface area contributed by atoms with Crippen molar-refractivity contribution in [3.8, 4) is 0 Å². The highest BCUT2D eigenvalue weighted by Crippen LogP contribution is 2.29. The van der Waals surface area contributed by atoms with Gasteiger partial charge in [-0.15, -0.1) is 11.3 Å². The fourth-order valence-electron chi connectivity index (χ4n) is 4.19. The standard InChI is InChI=1S/C24H29N5O2S2/c1-29(2)20-14-21(27-18-7-5-4-6-17(18)20)25-15-8-10-16(11-9-15)26-24(32)28-19-12-13-33-22(19)23(30)31-3/h4-7,12-16H,8-11H2,1-3H3,(H,25,27)(H2,26,28,32). The van der Waals surface area contributed by atoms with Gasteiger partial charge in [0.1, 0.15) is 10.7 Å². The molecule has 1 aromatic carbocycles. The molecule has 1 aliphatic rings. The molecular weight excluding hydrogens is 454 g/mol. The Morgan fingerprint density at radius 1 is 1.15 bits per heavy atom. The van der Waals surface area contributed by atoms with Crippen molar-refractivity contribution >= 4 is 62.7 Å². The number of nitrogens with one attached hydrogen (secondary N) is 3. The van der Waals surface area contributed by atoms with Gasteiger partial charge in [0.05, 0.1) is 18.3 Å². The number of thiophene rings is 1. The summed E-state index contributed by atoms with van der Waals surface area (Å²) in [5.41, 5.74) is 2.84. The second-order valence-electron chi connectivity index (χ2n) is 8.38. The summed E-state index contributed by atoms with van der Waals surface area (Å²) >= 11 is 6.82. The average molecular weight is 484 g/mol. The minimum absolute atomic E-state index is 0.296. The van der Waals surface area contributed by atoms with Crippen LogP contribution in [0.1, 0.15) is 35.4 Å². The van der Waals surface area contributed by atoms with Gasteiger partial charge in [-0.2, -0.15) is 0 Å². The molecule has 9 heteroatoms. The first kappa shape index (κ1) is 23.3. The molecule has 7 nitrogen and oxygen atoms in total. The van der Waals surface area contributed by atoms with Gasteiger partial charge in [0.25, 0.3) is 0 Å². The molecule has 0 aliphatic heterocycles. The molecule has 0 amide bonds. The van der Waals surface area contributed by atoms with Crippen LogP contribution >= 0.6 is 23.6 Å². The molecule has 0 saturated heterocycles. The number of anilines is 3. The number of carbonyl (C=O) groups is 1. The Kier molecular flexibility index (Phi) is 7.29. The number of carbonyl (C=O) groups excluding carboxylic acids is 1. The fraction of sp³-hybridized carbons (Fsp3) is 0.375. The van der Waals surface area contributed by atoms with Crippen molar-refractivity contribution in [1.82, 2.24) is 10.3 Å². The van der Waals surface area contributed by atoms with E-state index in [1.807, 2.05) is 23.6 Å². The molecule has 33 heavy (non-hydrogen) atoms. The van der Waals surface area contributed by atoms with Crippen LogP contribution in [0.2, 0.25) is 0 Å². The van der Waals surface area contributed by atoms with Gasteiger partial charge in [-0.05, 0) is 55.4 Å². The lowest BCUT2D eigenvalue weighted by Gasteiger charge is -2.31. The van der Waals surface area contributed by atoms with Crippen LogP contribution in [0.3, 0.4) is 0 Å². The molecule has 4 rings (SSSR count). The number of esters is 1. The molecule has 2 aromatic heterocycles. The third-order valence-corrected chi connectivity index (χ3v) is 6.99. The second-order valence-corrected chi connectivity index (χ2v) is 9.71. The molecule has 0 radical (unpaired) electrons. The highest BCUT2D eigenvalue weighted by Gasteiger charge is 2.23. The largest absolute Gasteiger partial charge is 0.465 e. The molecule has 3 aromatic rings. The molecule has 1 fully saturated rings. The first-order valence-electron chi connectivity index (χ1n) is 11.0. The van der Waals surface area contributed by atoms with Crippen molar-refractivity contribution in [2.45, 2.75) is 37.8 Å². The number of thiocarbonyl (C=S) groups is 1. The first-order chi connectivity index (χ1) is 15.9. The molecule has 0 unspecified atom stereocenters. The summed E-state index contributed by atoms with van der Waals surface area (Å²) in [6, 6.07) is 12.9. The molecular formula is C24H29N5O2S2. The third kappa shape index (κ3) is 5.54. The van der Waals surface area contributed by atoms with Crippen molar-refractivity contribution < 1.29 is 9.53 Å². The maximum atomic E-state index is 11.9. The average Bonchev–Trinajstić information content (AvgIpc) is 3.27. The lowest BCUT2D eigenvalue weighted by molar-refractivity contribution is 0.0607. The Morgan fingerprint density at radius 3 is 2.61 bits per heavy atom. The minimum Gasteiger partial charge on any atom is -0.465 e. The summed E-state index contributed by atoms with van der Waals surface area (Å²) in [5.74, 6) is 0.556. The summed E-state index contributed by atoms with van der Waals surface area (Å²) < 4.78 is 4.82. The van der Waals surface area contributed by atoms with Gasteiger partial charge in [0.2, 0.25) is 0 Å². The van der Waals surface area contributed by atoms with Crippen LogP contribution in [-0.2, 0) is 4.74 Å². The van der Waals surface area contributed by atoms with Gasteiger partial charge in [0, 0.05) is 43.3 Å². The van der Waals surface area contributed by atoms with E-state index >= 15 is 0 Å². The molecule has 0 atom stereocenters. The zero-order valence-electron chi connectivity index (χ0n) is 19.1. The van der Waals surface area contributed by atoms with E-state index in [0.717, 1.165) is 48.1 Å². The number of methoxy groups -OCH3 is 1. The number of benzene rings is 1. The smallest absolute Gasteiger partial charge is 0.350 e. The van der Waals surface area contributed by atoms with Gasteiger partial charge in [-0.25, -0.2) is 9.78 Å². The van der Waals surface area contributed by atoms with Gasteiger partial charge in [-0.1, -0.05) is 18.2 Å². The molecule has 174 valence electrons. The van der Waals surface area contributed by atoms with E-state index in [9.17, 15) is 4.79 Å². The summed E-state index contributed by atoms with van der Waals surface area (Å²) in [4.78, 5) is 19.3. The highest BCUT2D eigenvalue weighted by molar-refractivity contribution is 7.80. The van der Waals surface area contributed by atoms with Crippen LogP contribution < -0.4 is 20.9 Å². The normalized spacial score (nSPS) is 17.9. The zero-order valence-corrected chi connectivity index (χ0v) is 20.7. The van der Waals surface area contributed by atoms with Gasteiger partial charge in [0.15, 0.2) is 5.11 Å². The number of fused-ring (bicyclic) bond motifs is 1. The van der Waals surface area contributed by atoms with Crippen LogP contribution in [0.25, 0.3) is 10.9 Å². The number of nitrogens with zero attached hydrogens (tertiary/aromatic N) is 2. The minimum atomic E-state index is -0.360. The lowest BCUT2D eigenvalue weighted by atomic mass is 9.91. The highest BCUT2D eigenvalue weighted by atomic mass is 32.1. The maximum Gasteiger partial charge on any atom is 0.350 e. The summed E-state index contributed by atoms with van der Waals surface area (Å²) in [6.07, 6.45) is 4.05. The number of ether oxygens (including phenoxy) is 1. The number of hydrogen-bond donors (Lipinski definition) is 3. The molecule has 1 aliphatic carbocycles. The molecule has 0 bridgehead atoms. The van der Waals surface area contributed by atoms with E-state index in [1.54, 1.807) is 0 Å². The van der Waals surface area contributed by atoms with E-state index < -0.39 is 0 Å². The zero-order chi connectivity index (χ0) is 23.4. The van der Waals surface area contributed by atoms with Crippen LogP contribution in [0.15, 0.2) is 41.8 Å². The monoisotopic (exact) mass is 483 g/mol. The van der Waals surface area contributed by atoms with E-state index in [2.05, 4.69) is 53.1 Å². The predicted molar refractivity (Wildman–Crippen MR) is 141 cm³/mol. The van der Waals surface area contributed by atoms with Crippen molar-refractivity contribution in [1.29, 1.82) is 0 Å². The Balaban J connectivity index is 1.32. The third-order valence-electron chi connectivity index (χ3n) is 5.87. The maximum absolute atomic E-state index is 11.9. The summed E-state index contributed by atoms with van der Waals surface area (Å²) in [6.45, 7) is 0. The topological polar surface area (TPSA) is 78.5 Å². The number of rotatable bonds is 6. The Morgan fingerprint density at radius 2 is 1.88 bits per heavy atom. The van der Waals surface area contributed by atoms with Crippen molar-refractivity contribution in [2.75, 3.05) is 36.7 Å². The van der Waals surface area contributed by atoms with E-state index in [4.69, 9.17) is 21.9 Å². The fourth-order valence-corrected chi connectivity index (χ4v) is 5.24. The number of para-hydroxylation sites is 1. The summed E-state index contributed by atoms with van der Waals surface area (Å²) in [5, 5.41) is 13.7. The SMILES string of the molecule is COC(=O)c1sccc1NC(=S)NC1CCC(Nc2cc(N(C)C)c3ccccc3n2)CC1. The van der Waals surface area contributed by atoms with Crippen molar-refractivity contribution in [3.63, 3.8) is 0 Å². The molecule has 3 N–H and O–H groups in total. The second kappa shape index (κ2) is 10.4. The van der Waals surface area contributed by atoms with E-state index in [1.165, 1.54) is 18.4 Å². The van der Waals surface area contributed by atoms with Crippen LogP contribution in [0, 0.1) is 0 Å². The van der Waals surface area contributed by atoms with E-state index in [-0.39, 0.29) is 5.97 Å². The van der Waals surface area contributed by atoms with Crippen molar-refractivity contribution in [2.24, 2.45) is 0 Å².